The average molecular weight is 1020 g/mol. The van der Waals surface area contributed by atoms with Crippen LogP contribution >= 0.6 is 0 Å². The van der Waals surface area contributed by atoms with Gasteiger partial charge in [0, 0.05) is 6.42 Å². The number of aliphatic hydroxyl groups is 5. The van der Waals surface area contributed by atoms with E-state index >= 15 is 0 Å². The second kappa shape index (κ2) is 52.3. The van der Waals surface area contributed by atoms with Crippen molar-refractivity contribution in [1.82, 2.24) is 5.32 Å². The van der Waals surface area contributed by atoms with Crippen LogP contribution in [0.5, 0.6) is 0 Å². The molecule has 0 aromatic heterocycles. The summed E-state index contributed by atoms with van der Waals surface area (Å²) in [4.78, 5) is 13.0. The summed E-state index contributed by atoms with van der Waals surface area (Å²) in [6.07, 6.45) is 70.5. The van der Waals surface area contributed by atoms with Crippen LogP contribution in [-0.4, -0.2) is 87.5 Å². The Morgan fingerprint density at radius 3 is 1.30 bits per heavy atom. The summed E-state index contributed by atoms with van der Waals surface area (Å²) in [5, 5.41) is 54.4. The van der Waals surface area contributed by atoms with Crippen LogP contribution in [0.1, 0.15) is 232 Å². The van der Waals surface area contributed by atoms with Crippen LogP contribution in [0.15, 0.2) is 109 Å². The van der Waals surface area contributed by atoms with Gasteiger partial charge in [0.15, 0.2) is 6.29 Å². The van der Waals surface area contributed by atoms with E-state index in [9.17, 15) is 30.3 Å². The van der Waals surface area contributed by atoms with Gasteiger partial charge in [-0.15, -0.1) is 0 Å². The van der Waals surface area contributed by atoms with Crippen LogP contribution in [0.25, 0.3) is 0 Å². The number of rotatable bonds is 49. The Kier molecular flexibility index (Phi) is 48.6. The number of amides is 1. The van der Waals surface area contributed by atoms with E-state index in [2.05, 4.69) is 104 Å². The van der Waals surface area contributed by atoms with Crippen molar-refractivity contribution in [2.45, 2.75) is 275 Å². The molecule has 1 saturated heterocycles. The van der Waals surface area contributed by atoms with Crippen molar-refractivity contribution >= 4 is 5.91 Å². The molecule has 9 nitrogen and oxygen atoms in total. The number of hydrogen-bond donors (Lipinski definition) is 6. The summed E-state index contributed by atoms with van der Waals surface area (Å²) in [7, 11) is 0. The lowest BCUT2D eigenvalue weighted by molar-refractivity contribution is -0.302. The number of hydrogen-bond acceptors (Lipinski definition) is 8. The summed E-state index contributed by atoms with van der Waals surface area (Å²) in [6.45, 7) is 3.60. The molecule has 73 heavy (non-hydrogen) atoms. The number of nitrogens with one attached hydrogen (secondary N) is 1. The fraction of sp³-hybridized carbons (Fsp3) is 0.703. The third kappa shape index (κ3) is 41.7. The Hall–Kier alpha value is -3.15. The molecule has 7 unspecified atom stereocenters. The van der Waals surface area contributed by atoms with Gasteiger partial charge in [-0.25, -0.2) is 0 Å². The maximum Gasteiger partial charge on any atom is 0.220 e. The number of allylic oxidation sites excluding steroid dienone is 17. The number of aliphatic hydroxyl groups excluding tert-OH is 5. The zero-order valence-electron chi connectivity index (χ0n) is 46.4. The van der Waals surface area contributed by atoms with E-state index in [0.717, 1.165) is 64.2 Å². The Morgan fingerprint density at radius 1 is 0.479 bits per heavy atom. The van der Waals surface area contributed by atoms with Crippen molar-refractivity contribution in [1.29, 1.82) is 0 Å². The summed E-state index contributed by atoms with van der Waals surface area (Å²) in [5.74, 6) is -0.276. The Labute approximate surface area is 446 Å². The molecule has 0 radical (unpaired) electrons. The van der Waals surface area contributed by atoms with Crippen molar-refractivity contribution in [3.05, 3.63) is 109 Å². The summed E-state index contributed by atoms with van der Waals surface area (Å²) < 4.78 is 11.2. The molecular formula is C64H109NO8. The van der Waals surface area contributed by atoms with Crippen molar-refractivity contribution in [2.75, 3.05) is 13.2 Å². The number of unbranched alkanes of at least 4 members (excludes halogenated alkanes) is 23. The molecule has 418 valence electrons. The maximum atomic E-state index is 13.0. The second-order valence-corrected chi connectivity index (χ2v) is 20.0. The molecule has 6 N–H and O–H groups in total. The molecular weight excluding hydrogens is 911 g/mol. The Morgan fingerprint density at radius 2 is 0.863 bits per heavy atom. The largest absolute Gasteiger partial charge is 0.394 e. The zero-order valence-corrected chi connectivity index (χ0v) is 46.4. The highest BCUT2D eigenvalue weighted by Gasteiger charge is 2.44. The lowest BCUT2D eigenvalue weighted by Crippen LogP contribution is -2.60. The van der Waals surface area contributed by atoms with Gasteiger partial charge in [-0.1, -0.05) is 252 Å². The molecule has 1 aliphatic rings. The minimum absolute atomic E-state index is 0.203. The topological polar surface area (TPSA) is 149 Å². The molecule has 1 amide bonds. The lowest BCUT2D eigenvalue weighted by Gasteiger charge is -2.40. The molecule has 1 fully saturated rings. The van der Waals surface area contributed by atoms with Crippen molar-refractivity contribution < 1.29 is 39.8 Å². The minimum atomic E-state index is -1.60. The van der Waals surface area contributed by atoms with Crippen molar-refractivity contribution in [3.8, 4) is 0 Å². The van der Waals surface area contributed by atoms with E-state index in [0.29, 0.717) is 12.8 Å². The van der Waals surface area contributed by atoms with Gasteiger partial charge >= 0.3 is 0 Å². The smallest absolute Gasteiger partial charge is 0.220 e. The fourth-order valence-electron chi connectivity index (χ4n) is 8.68. The molecule has 0 aliphatic carbocycles. The molecule has 7 atom stereocenters. The van der Waals surface area contributed by atoms with Crippen LogP contribution in [0.2, 0.25) is 0 Å². The Bertz CT molecular complexity index is 1510. The van der Waals surface area contributed by atoms with Crippen LogP contribution in [0.4, 0.5) is 0 Å². The van der Waals surface area contributed by atoms with E-state index in [4.69, 9.17) is 9.47 Å². The van der Waals surface area contributed by atoms with E-state index in [1.165, 1.54) is 135 Å². The van der Waals surface area contributed by atoms with Crippen molar-refractivity contribution in [2.24, 2.45) is 0 Å². The first-order valence-electron chi connectivity index (χ1n) is 29.6. The Balaban J connectivity index is 2.28. The molecule has 1 heterocycles. The highest BCUT2D eigenvalue weighted by molar-refractivity contribution is 5.76. The molecule has 9 heteroatoms. The van der Waals surface area contributed by atoms with Gasteiger partial charge in [-0.2, -0.15) is 0 Å². The molecule has 1 rings (SSSR count). The quantitative estimate of drug-likeness (QED) is 0.0261. The molecule has 0 saturated carbocycles. The molecule has 0 aromatic carbocycles. The highest BCUT2D eigenvalue weighted by Crippen LogP contribution is 2.23. The van der Waals surface area contributed by atoms with E-state index in [1.54, 1.807) is 6.08 Å². The van der Waals surface area contributed by atoms with Gasteiger partial charge in [0.05, 0.1) is 25.4 Å². The predicted octanol–water partition coefficient (Wildman–Crippen LogP) is 15.0. The van der Waals surface area contributed by atoms with Gasteiger partial charge in [-0.3, -0.25) is 4.79 Å². The third-order valence-corrected chi connectivity index (χ3v) is 13.3. The number of ether oxygens (including phenoxy) is 2. The van der Waals surface area contributed by atoms with E-state index in [-0.39, 0.29) is 18.9 Å². The minimum Gasteiger partial charge on any atom is -0.394 e. The first-order chi connectivity index (χ1) is 35.8. The van der Waals surface area contributed by atoms with Crippen molar-refractivity contribution in [3.63, 3.8) is 0 Å². The van der Waals surface area contributed by atoms with Gasteiger partial charge in [0.25, 0.3) is 0 Å². The van der Waals surface area contributed by atoms with Crippen LogP contribution < -0.4 is 5.32 Å². The highest BCUT2D eigenvalue weighted by atomic mass is 16.7. The molecule has 0 bridgehead atoms. The normalized spacial score (nSPS) is 19.9. The van der Waals surface area contributed by atoms with Gasteiger partial charge < -0.3 is 40.3 Å². The average Bonchev–Trinajstić information content (AvgIpc) is 3.39. The number of carbonyl (C=O) groups excluding carboxylic acids is 1. The van der Waals surface area contributed by atoms with Gasteiger partial charge in [0.1, 0.15) is 24.4 Å². The van der Waals surface area contributed by atoms with E-state index < -0.39 is 49.5 Å². The third-order valence-electron chi connectivity index (χ3n) is 13.3. The maximum absolute atomic E-state index is 13.0. The van der Waals surface area contributed by atoms with E-state index in [1.807, 2.05) is 18.2 Å². The summed E-state index contributed by atoms with van der Waals surface area (Å²) in [5.41, 5.74) is 0. The predicted molar refractivity (Wildman–Crippen MR) is 308 cm³/mol. The fourth-order valence-corrected chi connectivity index (χ4v) is 8.68. The molecule has 0 spiro atoms. The molecule has 0 aromatic rings. The van der Waals surface area contributed by atoms with Crippen LogP contribution in [0.3, 0.4) is 0 Å². The SMILES string of the molecule is CC/C=C\C/C=C\C/C=C\C/C=C\C/C=C\C/C=C\CCC(=O)NC(COC1OC(CO)C(O)C(O)C1O)C(O)/C=C/CC/C=C/CC/C=C/CCCCCCCCCCCCCCCCCCCCCCC. The summed E-state index contributed by atoms with van der Waals surface area (Å²) in [6, 6.07) is -0.878. The first-order valence-corrected chi connectivity index (χ1v) is 29.6. The standard InChI is InChI=1S/C64H109NO8/c1-3-5-7-9-11-13-15-17-19-21-23-24-25-26-27-28-29-30-31-32-33-34-36-37-39-41-43-45-47-49-51-53-58(67)57(56-72-64-63(71)62(70)61(69)59(55-66)73-64)65-60(68)54-52-50-48-46-44-42-40-38-35-22-20-18-16-14-12-10-8-6-4-2/h6,8,12,14,18,20,35-38,42-45,48,50-51,53,57-59,61-64,66-67,69-71H,3-5,7,9-11,13,15-17,19,21-34,39-41,46-47,49,52,54-56H2,1-2H3,(H,65,68)/b8-6-,14-12-,20-18-,37-36+,38-35-,44-42-,45-43+,50-48-,53-51+. The van der Waals surface area contributed by atoms with Gasteiger partial charge in [-0.05, 0) is 83.5 Å². The summed E-state index contributed by atoms with van der Waals surface area (Å²) >= 11 is 0. The first kappa shape index (κ1) is 67.9. The lowest BCUT2D eigenvalue weighted by atomic mass is 9.99. The van der Waals surface area contributed by atoms with Gasteiger partial charge in [0.2, 0.25) is 5.91 Å². The second-order valence-electron chi connectivity index (χ2n) is 20.0. The zero-order chi connectivity index (χ0) is 52.9. The molecule has 1 aliphatic heterocycles. The van der Waals surface area contributed by atoms with Crippen LogP contribution in [-0.2, 0) is 14.3 Å². The monoisotopic (exact) mass is 1020 g/mol. The number of carbonyl (C=O) groups is 1. The van der Waals surface area contributed by atoms with Crippen LogP contribution in [0, 0.1) is 0 Å².